The molecular weight excluding hydrogens is 314 g/mol. The first-order chi connectivity index (χ1) is 9.61. The number of benzene rings is 1. The molecule has 0 N–H and O–H groups in total. The molecule has 0 spiro atoms. The van der Waals surface area contributed by atoms with Gasteiger partial charge in [0.15, 0.2) is 0 Å². The van der Waals surface area contributed by atoms with Crippen molar-refractivity contribution in [2.45, 2.75) is 39.7 Å². The number of hydrogen-bond acceptors (Lipinski definition) is 2. The number of aromatic nitrogens is 3. The van der Waals surface area contributed by atoms with Gasteiger partial charge in [0, 0.05) is 24.2 Å². The Labute approximate surface area is 129 Å². The lowest BCUT2D eigenvalue weighted by Crippen LogP contribution is -2.14. The molecule has 0 aliphatic heterocycles. The molecular formula is C16H22BrN3. The van der Waals surface area contributed by atoms with Crippen molar-refractivity contribution in [2.24, 2.45) is 5.92 Å². The van der Waals surface area contributed by atoms with Crippen LogP contribution in [0.25, 0.3) is 0 Å². The monoisotopic (exact) mass is 335 g/mol. The summed E-state index contributed by atoms with van der Waals surface area (Å²) in [6.45, 7) is 7.51. The highest BCUT2D eigenvalue weighted by molar-refractivity contribution is 9.09. The molecule has 0 amide bonds. The molecule has 1 unspecified atom stereocenters. The second-order valence-corrected chi connectivity index (χ2v) is 6.31. The van der Waals surface area contributed by atoms with Gasteiger partial charge in [-0.2, -0.15) is 5.10 Å². The highest BCUT2D eigenvalue weighted by Crippen LogP contribution is 2.25. The fraction of sp³-hybridized carbons (Fsp3) is 0.500. The largest absolute Gasteiger partial charge is 0.250 e. The summed E-state index contributed by atoms with van der Waals surface area (Å²) in [6.07, 6.45) is 2.59. The number of aryl methyl sites for hydroxylation is 1. The van der Waals surface area contributed by atoms with Crippen molar-refractivity contribution in [3.8, 4) is 0 Å². The van der Waals surface area contributed by atoms with Gasteiger partial charge >= 0.3 is 0 Å². The quantitative estimate of drug-likeness (QED) is 0.748. The second-order valence-electron chi connectivity index (χ2n) is 5.66. The Morgan fingerprint density at radius 2 is 2.00 bits per heavy atom. The maximum Gasteiger partial charge on any atom is 0.138 e. The molecule has 1 aromatic heterocycles. The molecule has 1 heterocycles. The highest BCUT2D eigenvalue weighted by atomic mass is 79.9. The summed E-state index contributed by atoms with van der Waals surface area (Å²) in [7, 11) is 0. The van der Waals surface area contributed by atoms with E-state index in [1.54, 1.807) is 6.33 Å². The molecule has 0 aliphatic rings. The van der Waals surface area contributed by atoms with Crippen molar-refractivity contribution in [3.05, 3.63) is 47.5 Å². The zero-order chi connectivity index (χ0) is 14.5. The van der Waals surface area contributed by atoms with Crippen LogP contribution in [-0.4, -0.2) is 20.1 Å². The topological polar surface area (TPSA) is 30.7 Å². The Morgan fingerprint density at radius 1 is 1.25 bits per heavy atom. The van der Waals surface area contributed by atoms with Gasteiger partial charge in [-0.05, 0) is 24.0 Å². The van der Waals surface area contributed by atoms with E-state index in [1.165, 1.54) is 11.1 Å². The van der Waals surface area contributed by atoms with E-state index in [1.807, 2.05) is 4.68 Å². The van der Waals surface area contributed by atoms with Gasteiger partial charge in [0.2, 0.25) is 0 Å². The van der Waals surface area contributed by atoms with Crippen LogP contribution in [0.4, 0.5) is 0 Å². The van der Waals surface area contributed by atoms with E-state index in [2.05, 4.69) is 71.0 Å². The second kappa shape index (κ2) is 7.02. The zero-order valence-electron chi connectivity index (χ0n) is 12.4. The van der Waals surface area contributed by atoms with Gasteiger partial charge in [0.25, 0.3) is 0 Å². The lowest BCUT2D eigenvalue weighted by molar-refractivity contribution is 0.461. The number of alkyl halides is 1. The van der Waals surface area contributed by atoms with E-state index in [4.69, 9.17) is 0 Å². The summed E-state index contributed by atoms with van der Waals surface area (Å²) >= 11 is 3.65. The van der Waals surface area contributed by atoms with Crippen molar-refractivity contribution in [1.29, 1.82) is 0 Å². The van der Waals surface area contributed by atoms with E-state index in [0.717, 1.165) is 24.1 Å². The molecule has 2 rings (SSSR count). The molecule has 0 saturated carbocycles. The van der Waals surface area contributed by atoms with Gasteiger partial charge in [0.05, 0.1) is 0 Å². The van der Waals surface area contributed by atoms with Gasteiger partial charge in [-0.3, -0.25) is 0 Å². The van der Waals surface area contributed by atoms with Gasteiger partial charge in [-0.15, -0.1) is 0 Å². The molecule has 0 aliphatic carbocycles. The molecule has 20 heavy (non-hydrogen) atoms. The molecule has 0 radical (unpaired) electrons. The molecule has 1 atom stereocenters. The predicted molar refractivity (Wildman–Crippen MR) is 86.3 cm³/mol. The van der Waals surface area contributed by atoms with Crippen LogP contribution in [0.5, 0.6) is 0 Å². The molecule has 1 aromatic carbocycles. The lowest BCUT2D eigenvalue weighted by Gasteiger charge is -2.17. The number of halogens is 1. The van der Waals surface area contributed by atoms with Crippen LogP contribution < -0.4 is 0 Å². The number of hydrogen-bond donors (Lipinski definition) is 0. The first-order valence-electron chi connectivity index (χ1n) is 7.10. The van der Waals surface area contributed by atoms with Gasteiger partial charge in [0.1, 0.15) is 12.2 Å². The molecule has 108 valence electrons. The van der Waals surface area contributed by atoms with Gasteiger partial charge in [-0.1, -0.05) is 54.0 Å². The summed E-state index contributed by atoms with van der Waals surface area (Å²) in [5.74, 6) is 2.09. The van der Waals surface area contributed by atoms with Crippen molar-refractivity contribution < 1.29 is 0 Å². The Morgan fingerprint density at radius 3 is 2.65 bits per heavy atom. The van der Waals surface area contributed by atoms with Crippen LogP contribution in [0, 0.1) is 12.8 Å². The van der Waals surface area contributed by atoms with E-state index in [9.17, 15) is 0 Å². The van der Waals surface area contributed by atoms with Crippen LogP contribution >= 0.6 is 15.9 Å². The average molecular weight is 336 g/mol. The minimum absolute atomic E-state index is 0.436. The Balaban J connectivity index is 2.19. The molecule has 0 saturated heterocycles. The van der Waals surface area contributed by atoms with Gasteiger partial charge < -0.3 is 0 Å². The minimum Gasteiger partial charge on any atom is -0.250 e. The first kappa shape index (κ1) is 15.2. The van der Waals surface area contributed by atoms with Crippen molar-refractivity contribution >= 4 is 15.9 Å². The van der Waals surface area contributed by atoms with E-state index < -0.39 is 0 Å². The average Bonchev–Trinajstić information content (AvgIpc) is 2.83. The van der Waals surface area contributed by atoms with Crippen LogP contribution in [0.1, 0.15) is 36.7 Å². The molecule has 3 nitrogen and oxygen atoms in total. The highest BCUT2D eigenvalue weighted by Gasteiger charge is 2.17. The summed E-state index contributed by atoms with van der Waals surface area (Å²) in [5.41, 5.74) is 2.73. The molecule has 2 aromatic rings. The normalized spacial score (nSPS) is 12.8. The third-order valence-electron chi connectivity index (χ3n) is 3.48. The maximum absolute atomic E-state index is 4.44. The maximum atomic E-state index is 4.44. The van der Waals surface area contributed by atoms with Crippen LogP contribution in [0.2, 0.25) is 0 Å². The van der Waals surface area contributed by atoms with Crippen molar-refractivity contribution in [1.82, 2.24) is 14.8 Å². The van der Waals surface area contributed by atoms with E-state index in [-0.39, 0.29) is 0 Å². The predicted octanol–water partition coefficient (Wildman–Crippen LogP) is 3.96. The molecule has 4 heteroatoms. The molecule has 0 fully saturated rings. The summed E-state index contributed by atoms with van der Waals surface area (Å²) in [6, 6.07) is 8.58. The first-order valence-corrected chi connectivity index (χ1v) is 8.22. The zero-order valence-corrected chi connectivity index (χ0v) is 14.0. The van der Waals surface area contributed by atoms with E-state index >= 15 is 0 Å². The standard InChI is InChI=1S/C16H22BrN3/c1-12(2)10-20-16(18-11-19-20)8-14(9-17)15-7-5-4-6-13(15)3/h4-7,11-12,14H,8-10H2,1-3H3. The third-order valence-corrected chi connectivity index (χ3v) is 4.26. The summed E-state index contributed by atoms with van der Waals surface area (Å²) in [5, 5.41) is 5.29. The Kier molecular flexibility index (Phi) is 5.35. The van der Waals surface area contributed by atoms with Crippen LogP contribution in [-0.2, 0) is 13.0 Å². The fourth-order valence-electron chi connectivity index (χ4n) is 2.46. The van der Waals surface area contributed by atoms with E-state index in [0.29, 0.717) is 11.8 Å². The number of nitrogens with zero attached hydrogens (tertiary/aromatic N) is 3. The third kappa shape index (κ3) is 3.69. The number of rotatable bonds is 6. The van der Waals surface area contributed by atoms with Crippen LogP contribution in [0.3, 0.4) is 0 Å². The molecule has 0 bridgehead atoms. The Hall–Kier alpha value is -1.16. The van der Waals surface area contributed by atoms with Crippen molar-refractivity contribution in [2.75, 3.05) is 5.33 Å². The minimum atomic E-state index is 0.436. The smallest absolute Gasteiger partial charge is 0.138 e. The lowest BCUT2D eigenvalue weighted by atomic mass is 9.93. The van der Waals surface area contributed by atoms with Crippen molar-refractivity contribution in [3.63, 3.8) is 0 Å². The fourth-order valence-corrected chi connectivity index (χ4v) is 3.04. The van der Waals surface area contributed by atoms with Crippen LogP contribution in [0.15, 0.2) is 30.6 Å². The summed E-state index contributed by atoms with van der Waals surface area (Å²) in [4.78, 5) is 4.44. The SMILES string of the molecule is Cc1ccccc1C(CBr)Cc1ncnn1CC(C)C. The Bertz CT molecular complexity index is 548. The van der Waals surface area contributed by atoms with Gasteiger partial charge in [-0.25, -0.2) is 9.67 Å². The summed E-state index contributed by atoms with van der Waals surface area (Å²) < 4.78 is 2.04.